The molecule has 350 valence electrons. The van der Waals surface area contributed by atoms with Gasteiger partial charge in [0.2, 0.25) is 0 Å². The Labute approximate surface area is 434 Å². The number of nitrogens with zero attached hydrogens (tertiary/aromatic N) is 2. The Balaban J connectivity index is 1.00. The van der Waals surface area contributed by atoms with Crippen molar-refractivity contribution in [1.29, 1.82) is 0 Å². The molecule has 2 heteroatoms. The lowest BCUT2D eigenvalue weighted by atomic mass is 9.67. The summed E-state index contributed by atoms with van der Waals surface area (Å²) in [6.07, 6.45) is 0. The average molecular weight is 945 g/mol. The van der Waals surface area contributed by atoms with Crippen molar-refractivity contribution >= 4 is 44.9 Å². The summed E-state index contributed by atoms with van der Waals surface area (Å²) >= 11 is 0. The van der Waals surface area contributed by atoms with Gasteiger partial charge in [-0.2, -0.15) is 0 Å². The lowest BCUT2D eigenvalue weighted by Gasteiger charge is -2.35. The Morgan fingerprint density at radius 2 is 0.743 bits per heavy atom. The van der Waals surface area contributed by atoms with Gasteiger partial charge < -0.3 is 9.80 Å². The summed E-state index contributed by atoms with van der Waals surface area (Å²) in [4.78, 5) is 4.83. The summed E-state index contributed by atoms with van der Waals surface area (Å²) in [5.41, 5.74) is 21.9. The molecule has 0 aliphatic heterocycles. The predicted molar refractivity (Wildman–Crippen MR) is 312 cm³/mol. The zero-order chi connectivity index (χ0) is 49.4. The first-order valence-corrected chi connectivity index (χ1v) is 25.6. The van der Waals surface area contributed by atoms with Crippen molar-refractivity contribution in [2.24, 2.45) is 0 Å². The van der Waals surface area contributed by atoms with Crippen LogP contribution in [0.5, 0.6) is 0 Å². The molecule has 0 bridgehead atoms. The maximum Gasteiger partial charge on any atom is 0.0714 e. The second-order valence-corrected chi connectivity index (χ2v) is 19.3. The van der Waals surface area contributed by atoms with Gasteiger partial charge in [0.05, 0.1) is 11.1 Å². The van der Waals surface area contributed by atoms with Crippen LogP contribution in [0.1, 0.15) is 27.8 Å². The standard InChI is InChI=1S/C72H52N2/c1-51-23-19-42-67-70(51)66-45-44-64(50-68(66)72(67,58-31-9-3-10-32-58)59-33-11-4-12-34-59)74(69-46-43-52-24-17-18-41-65(52)71(69)53-25-7-2-8-26-53)63-40-22-30-57(49-63)55-28-20-27-54(47-55)56-29-21-39-62(48-56)73(60-35-13-5-14-36-60)61-37-15-6-16-38-61/h2-50H,1H3. The molecule has 0 saturated carbocycles. The van der Waals surface area contributed by atoms with E-state index < -0.39 is 5.41 Å². The Bertz CT molecular complexity index is 3880. The van der Waals surface area contributed by atoms with E-state index in [-0.39, 0.29) is 0 Å². The van der Waals surface area contributed by atoms with Crippen LogP contribution in [0, 0.1) is 6.92 Å². The molecular weight excluding hydrogens is 893 g/mol. The van der Waals surface area contributed by atoms with E-state index in [2.05, 4.69) is 314 Å². The maximum absolute atomic E-state index is 2.50. The highest BCUT2D eigenvalue weighted by Gasteiger charge is 2.47. The molecule has 13 rings (SSSR count). The van der Waals surface area contributed by atoms with Crippen LogP contribution in [0.15, 0.2) is 297 Å². The second-order valence-electron chi connectivity index (χ2n) is 19.3. The van der Waals surface area contributed by atoms with Gasteiger partial charge in [-0.05, 0) is 157 Å². The zero-order valence-corrected chi connectivity index (χ0v) is 41.2. The fourth-order valence-electron chi connectivity index (χ4n) is 11.8. The van der Waals surface area contributed by atoms with E-state index in [0.29, 0.717) is 0 Å². The van der Waals surface area contributed by atoms with Crippen LogP contribution in [0.3, 0.4) is 0 Å². The molecule has 0 spiro atoms. The Morgan fingerprint density at radius 3 is 1.35 bits per heavy atom. The molecule has 74 heavy (non-hydrogen) atoms. The summed E-state index contributed by atoms with van der Waals surface area (Å²) in [7, 11) is 0. The fraction of sp³-hybridized carbons (Fsp3) is 0.0278. The monoisotopic (exact) mass is 944 g/mol. The summed E-state index contributed by atoms with van der Waals surface area (Å²) in [6.45, 7) is 2.26. The molecule has 1 aliphatic rings. The molecule has 12 aromatic carbocycles. The van der Waals surface area contributed by atoms with E-state index in [0.717, 1.165) is 56.4 Å². The minimum atomic E-state index is -0.564. The van der Waals surface area contributed by atoms with Crippen LogP contribution in [0.4, 0.5) is 34.1 Å². The maximum atomic E-state index is 2.50. The molecule has 1 aliphatic carbocycles. The number of para-hydroxylation sites is 2. The number of rotatable bonds is 11. The SMILES string of the molecule is Cc1cccc2c1-c1ccc(N(c3cccc(-c4cccc(-c5cccc(N(c6ccccc6)c6ccccc6)c5)c4)c3)c3ccc4ccccc4c3-c3ccccc3)cc1C2(c1ccccc1)c1ccccc1. The van der Waals surface area contributed by atoms with E-state index in [1.807, 2.05) is 0 Å². The number of hydrogen-bond donors (Lipinski definition) is 0. The zero-order valence-electron chi connectivity index (χ0n) is 41.2. The molecule has 0 saturated heterocycles. The Morgan fingerprint density at radius 1 is 0.284 bits per heavy atom. The number of fused-ring (bicyclic) bond motifs is 4. The molecule has 0 fully saturated rings. The lowest BCUT2D eigenvalue weighted by Crippen LogP contribution is -2.28. The van der Waals surface area contributed by atoms with Gasteiger partial charge in [0.15, 0.2) is 0 Å². The normalized spacial score (nSPS) is 12.2. The van der Waals surface area contributed by atoms with Gasteiger partial charge >= 0.3 is 0 Å². The van der Waals surface area contributed by atoms with Gasteiger partial charge in [0.1, 0.15) is 0 Å². The largest absolute Gasteiger partial charge is 0.310 e. The Hall–Kier alpha value is -9.50. The van der Waals surface area contributed by atoms with Gasteiger partial charge in [0.25, 0.3) is 0 Å². The lowest BCUT2D eigenvalue weighted by molar-refractivity contribution is 0.768. The van der Waals surface area contributed by atoms with Crippen molar-refractivity contribution < 1.29 is 0 Å². The van der Waals surface area contributed by atoms with E-state index in [1.165, 1.54) is 60.8 Å². The van der Waals surface area contributed by atoms with Crippen LogP contribution in [0.25, 0.3) is 55.3 Å². The third-order valence-corrected chi connectivity index (χ3v) is 15.0. The van der Waals surface area contributed by atoms with Crippen molar-refractivity contribution in [2.45, 2.75) is 12.3 Å². The highest BCUT2D eigenvalue weighted by atomic mass is 15.1. The topological polar surface area (TPSA) is 6.48 Å². The number of anilines is 6. The average Bonchev–Trinajstić information content (AvgIpc) is 3.79. The molecule has 0 heterocycles. The summed E-state index contributed by atoms with van der Waals surface area (Å²) in [6, 6.07) is 109. The molecule has 12 aromatic rings. The molecule has 0 radical (unpaired) electrons. The van der Waals surface area contributed by atoms with Crippen molar-refractivity contribution in [3.63, 3.8) is 0 Å². The number of hydrogen-bond acceptors (Lipinski definition) is 2. The summed E-state index contributed by atoms with van der Waals surface area (Å²) in [5.74, 6) is 0. The fourth-order valence-corrected chi connectivity index (χ4v) is 11.8. The van der Waals surface area contributed by atoms with Crippen molar-refractivity contribution in [2.75, 3.05) is 9.80 Å². The minimum Gasteiger partial charge on any atom is -0.310 e. The summed E-state index contributed by atoms with van der Waals surface area (Å²) < 4.78 is 0. The first-order chi connectivity index (χ1) is 36.6. The van der Waals surface area contributed by atoms with Gasteiger partial charge in [0, 0.05) is 34.0 Å². The van der Waals surface area contributed by atoms with Gasteiger partial charge in [-0.3, -0.25) is 0 Å². The molecule has 0 aromatic heterocycles. The second kappa shape index (κ2) is 18.9. The van der Waals surface area contributed by atoms with E-state index in [1.54, 1.807) is 0 Å². The number of aryl methyl sites for hydroxylation is 1. The van der Waals surface area contributed by atoms with Gasteiger partial charge in [-0.15, -0.1) is 0 Å². The molecule has 0 unspecified atom stereocenters. The molecular formula is C72H52N2. The van der Waals surface area contributed by atoms with Gasteiger partial charge in [-0.1, -0.05) is 224 Å². The van der Waals surface area contributed by atoms with Crippen molar-refractivity contribution in [1.82, 2.24) is 0 Å². The third-order valence-electron chi connectivity index (χ3n) is 15.0. The van der Waals surface area contributed by atoms with E-state index >= 15 is 0 Å². The van der Waals surface area contributed by atoms with Crippen LogP contribution in [-0.4, -0.2) is 0 Å². The highest BCUT2D eigenvalue weighted by Crippen LogP contribution is 2.58. The third kappa shape index (κ3) is 7.67. The van der Waals surface area contributed by atoms with Crippen LogP contribution >= 0.6 is 0 Å². The first-order valence-electron chi connectivity index (χ1n) is 25.6. The predicted octanol–water partition coefficient (Wildman–Crippen LogP) is 19.5. The smallest absolute Gasteiger partial charge is 0.0714 e. The van der Waals surface area contributed by atoms with Crippen LogP contribution < -0.4 is 9.80 Å². The highest BCUT2D eigenvalue weighted by molar-refractivity contribution is 6.06. The molecule has 2 nitrogen and oxygen atoms in total. The minimum absolute atomic E-state index is 0.564. The van der Waals surface area contributed by atoms with Crippen molar-refractivity contribution in [3.8, 4) is 44.5 Å². The van der Waals surface area contributed by atoms with E-state index in [9.17, 15) is 0 Å². The molecule has 0 atom stereocenters. The molecule has 0 N–H and O–H groups in total. The molecule has 0 amide bonds. The Kier molecular flexibility index (Phi) is 11.4. The van der Waals surface area contributed by atoms with E-state index in [4.69, 9.17) is 0 Å². The van der Waals surface area contributed by atoms with Gasteiger partial charge in [-0.25, -0.2) is 0 Å². The number of benzene rings is 12. The van der Waals surface area contributed by atoms with Crippen molar-refractivity contribution in [3.05, 3.63) is 325 Å². The quantitative estimate of drug-likeness (QED) is 0.127. The van der Waals surface area contributed by atoms with Crippen LogP contribution in [-0.2, 0) is 5.41 Å². The van der Waals surface area contributed by atoms with Crippen LogP contribution in [0.2, 0.25) is 0 Å². The summed E-state index contributed by atoms with van der Waals surface area (Å²) in [5, 5.41) is 2.41. The first kappa shape index (κ1) is 44.4.